The second-order valence-corrected chi connectivity index (χ2v) is 4.64. The molecule has 2 nitrogen and oxygen atoms in total. The maximum atomic E-state index is 12.7. The Morgan fingerprint density at radius 3 is 2.38 bits per heavy atom. The highest BCUT2D eigenvalue weighted by molar-refractivity contribution is 5.45. The van der Waals surface area contributed by atoms with Gasteiger partial charge in [0.2, 0.25) is 0 Å². The Hall–Kier alpha value is -1.56. The number of rotatable bonds is 4. The largest absolute Gasteiger partial charge is 0.375 e. The summed E-state index contributed by atoms with van der Waals surface area (Å²) >= 11 is 0. The van der Waals surface area contributed by atoms with Gasteiger partial charge in [-0.2, -0.15) is 5.26 Å². The van der Waals surface area contributed by atoms with E-state index in [9.17, 15) is 4.39 Å². The maximum Gasteiger partial charge on any atom is 0.123 e. The van der Waals surface area contributed by atoms with Crippen molar-refractivity contribution in [3.63, 3.8) is 0 Å². The van der Waals surface area contributed by atoms with E-state index >= 15 is 0 Å². The van der Waals surface area contributed by atoms with E-state index in [1.54, 1.807) is 12.1 Å². The molecule has 1 aromatic rings. The van der Waals surface area contributed by atoms with Crippen LogP contribution in [0.25, 0.3) is 0 Å². The van der Waals surface area contributed by atoms with Gasteiger partial charge < -0.3 is 4.90 Å². The molecule has 3 heteroatoms. The highest BCUT2D eigenvalue weighted by atomic mass is 19.1. The molecular weight excluding hydrogens is 203 g/mol. The Morgan fingerprint density at radius 1 is 1.31 bits per heavy atom. The van der Waals surface area contributed by atoms with Gasteiger partial charge in [-0.15, -0.1) is 0 Å². The average Bonchev–Trinajstić information content (AvgIpc) is 2.27. The predicted octanol–water partition coefficient (Wildman–Crippen LogP) is 3.20. The lowest BCUT2D eigenvalue weighted by Crippen LogP contribution is -2.23. The van der Waals surface area contributed by atoms with E-state index in [-0.39, 0.29) is 11.2 Å². The zero-order valence-electron chi connectivity index (χ0n) is 10.00. The number of anilines is 1. The van der Waals surface area contributed by atoms with E-state index in [0.717, 1.165) is 18.7 Å². The molecule has 1 aromatic carbocycles. The van der Waals surface area contributed by atoms with Gasteiger partial charge in [0.1, 0.15) is 5.82 Å². The molecular formula is C13H17FN2. The number of nitrogens with zero attached hydrogens (tertiary/aromatic N) is 2. The first kappa shape index (κ1) is 12.5. The summed E-state index contributed by atoms with van der Waals surface area (Å²) in [6, 6.07) is 8.65. The van der Waals surface area contributed by atoms with Crippen LogP contribution >= 0.6 is 0 Å². The van der Waals surface area contributed by atoms with Gasteiger partial charge in [-0.05, 0) is 44.5 Å². The minimum Gasteiger partial charge on any atom is -0.375 e. The number of halogens is 1. The van der Waals surface area contributed by atoms with Gasteiger partial charge in [0.25, 0.3) is 0 Å². The van der Waals surface area contributed by atoms with Gasteiger partial charge in [0, 0.05) is 19.3 Å². The summed E-state index contributed by atoms with van der Waals surface area (Å²) in [6.07, 6.45) is 0.789. The number of hydrogen-bond acceptors (Lipinski definition) is 2. The van der Waals surface area contributed by atoms with Crippen LogP contribution < -0.4 is 4.90 Å². The third-order valence-electron chi connectivity index (χ3n) is 2.64. The fourth-order valence-electron chi connectivity index (χ4n) is 1.33. The Morgan fingerprint density at radius 2 is 1.88 bits per heavy atom. The predicted molar refractivity (Wildman–Crippen MR) is 63.7 cm³/mol. The third-order valence-corrected chi connectivity index (χ3v) is 2.64. The summed E-state index contributed by atoms with van der Waals surface area (Å²) in [7, 11) is 1.95. The Labute approximate surface area is 96.3 Å². The topological polar surface area (TPSA) is 27.0 Å². The van der Waals surface area contributed by atoms with Crippen molar-refractivity contribution in [1.82, 2.24) is 0 Å². The molecule has 0 fully saturated rings. The summed E-state index contributed by atoms with van der Waals surface area (Å²) in [5, 5.41) is 8.90. The SMILES string of the molecule is CN(CCC(C)(C)C#N)c1ccc(F)cc1. The first-order valence-electron chi connectivity index (χ1n) is 5.32. The highest BCUT2D eigenvalue weighted by Crippen LogP contribution is 2.21. The average molecular weight is 220 g/mol. The molecule has 0 unspecified atom stereocenters. The van der Waals surface area contributed by atoms with Gasteiger partial charge >= 0.3 is 0 Å². The molecule has 0 bridgehead atoms. The standard InChI is InChI=1S/C13H17FN2/c1-13(2,10-15)8-9-16(3)12-6-4-11(14)5-7-12/h4-7H,8-9H2,1-3H3. The van der Waals surface area contributed by atoms with Crippen molar-refractivity contribution >= 4 is 5.69 Å². The molecule has 0 radical (unpaired) electrons. The summed E-state index contributed by atoms with van der Waals surface area (Å²) in [5.74, 6) is -0.227. The van der Waals surface area contributed by atoms with E-state index in [1.165, 1.54) is 12.1 Å². The van der Waals surface area contributed by atoms with Gasteiger partial charge in [-0.25, -0.2) is 4.39 Å². The summed E-state index contributed by atoms with van der Waals surface area (Å²) in [4.78, 5) is 2.03. The normalized spacial score (nSPS) is 10.9. The zero-order valence-corrected chi connectivity index (χ0v) is 10.00. The lowest BCUT2D eigenvalue weighted by molar-refractivity contribution is 0.455. The van der Waals surface area contributed by atoms with Crippen LogP contribution in [0, 0.1) is 22.6 Å². The van der Waals surface area contributed by atoms with E-state index in [1.807, 2.05) is 25.8 Å². The molecule has 0 saturated heterocycles. The highest BCUT2D eigenvalue weighted by Gasteiger charge is 2.17. The summed E-state index contributed by atoms with van der Waals surface area (Å²) in [5.41, 5.74) is 0.657. The fourth-order valence-corrected chi connectivity index (χ4v) is 1.33. The molecule has 86 valence electrons. The minimum absolute atomic E-state index is 0.227. The van der Waals surface area contributed by atoms with Gasteiger partial charge in [0.05, 0.1) is 11.5 Å². The van der Waals surface area contributed by atoms with E-state index in [2.05, 4.69) is 6.07 Å². The lowest BCUT2D eigenvalue weighted by atomic mass is 9.91. The smallest absolute Gasteiger partial charge is 0.123 e. The molecule has 0 aliphatic carbocycles. The van der Waals surface area contributed by atoms with Crippen LogP contribution in [0.15, 0.2) is 24.3 Å². The van der Waals surface area contributed by atoms with E-state index in [0.29, 0.717) is 0 Å². The van der Waals surface area contributed by atoms with Crippen molar-refractivity contribution in [1.29, 1.82) is 5.26 Å². The van der Waals surface area contributed by atoms with Crippen LogP contribution in [0.1, 0.15) is 20.3 Å². The number of benzene rings is 1. The third kappa shape index (κ3) is 3.54. The monoisotopic (exact) mass is 220 g/mol. The lowest BCUT2D eigenvalue weighted by Gasteiger charge is -2.23. The Kier molecular flexibility index (Phi) is 3.89. The van der Waals surface area contributed by atoms with Crippen molar-refractivity contribution < 1.29 is 4.39 Å². The molecule has 0 spiro atoms. The van der Waals surface area contributed by atoms with Crippen molar-refractivity contribution in [3.05, 3.63) is 30.1 Å². The quantitative estimate of drug-likeness (QED) is 0.779. The zero-order chi connectivity index (χ0) is 12.2. The molecule has 0 heterocycles. The molecule has 0 aliphatic rings. The number of nitriles is 1. The molecule has 0 aliphatic heterocycles. The van der Waals surface area contributed by atoms with Gasteiger partial charge in [-0.3, -0.25) is 0 Å². The fraction of sp³-hybridized carbons (Fsp3) is 0.462. The van der Waals surface area contributed by atoms with Crippen molar-refractivity contribution in [2.24, 2.45) is 5.41 Å². The van der Waals surface area contributed by atoms with Crippen molar-refractivity contribution in [3.8, 4) is 6.07 Å². The second-order valence-electron chi connectivity index (χ2n) is 4.64. The van der Waals surface area contributed by atoms with E-state index < -0.39 is 0 Å². The molecule has 0 N–H and O–H groups in total. The summed E-state index contributed by atoms with van der Waals surface area (Å²) in [6.45, 7) is 4.63. The molecule has 0 saturated carbocycles. The van der Waals surface area contributed by atoms with Gasteiger partial charge in [-0.1, -0.05) is 0 Å². The summed E-state index contributed by atoms with van der Waals surface area (Å²) < 4.78 is 12.7. The maximum absolute atomic E-state index is 12.7. The van der Waals surface area contributed by atoms with Crippen LogP contribution in [0.4, 0.5) is 10.1 Å². The van der Waals surface area contributed by atoms with Crippen LogP contribution in [0.2, 0.25) is 0 Å². The van der Waals surface area contributed by atoms with E-state index in [4.69, 9.17) is 5.26 Å². The second kappa shape index (κ2) is 4.98. The van der Waals surface area contributed by atoms with Crippen LogP contribution in [-0.2, 0) is 0 Å². The molecule has 1 rings (SSSR count). The Balaban J connectivity index is 2.57. The first-order chi connectivity index (χ1) is 7.44. The van der Waals surface area contributed by atoms with Crippen molar-refractivity contribution in [2.75, 3.05) is 18.5 Å². The number of hydrogen-bond donors (Lipinski definition) is 0. The molecule has 0 amide bonds. The van der Waals surface area contributed by atoms with Crippen LogP contribution in [0.3, 0.4) is 0 Å². The van der Waals surface area contributed by atoms with Gasteiger partial charge in [0.15, 0.2) is 0 Å². The van der Waals surface area contributed by atoms with Crippen LogP contribution in [0.5, 0.6) is 0 Å². The molecule has 16 heavy (non-hydrogen) atoms. The first-order valence-corrected chi connectivity index (χ1v) is 5.32. The van der Waals surface area contributed by atoms with Crippen LogP contribution in [-0.4, -0.2) is 13.6 Å². The molecule has 0 atom stereocenters. The molecule has 0 aromatic heterocycles. The Bertz CT molecular complexity index is 376. The van der Waals surface area contributed by atoms with Crippen molar-refractivity contribution in [2.45, 2.75) is 20.3 Å². The minimum atomic E-state index is -0.311.